The van der Waals surface area contributed by atoms with Crippen molar-refractivity contribution >= 4 is 17.1 Å². The molecule has 1 aromatic rings. The van der Waals surface area contributed by atoms with Gasteiger partial charge in [0.2, 0.25) is 0 Å². The van der Waals surface area contributed by atoms with Crippen LogP contribution in [0.5, 0.6) is 0 Å². The molecule has 13 heavy (non-hydrogen) atoms. The minimum Gasteiger partial charge on any atom is -0.397 e. The highest BCUT2D eigenvalue weighted by Crippen LogP contribution is 2.21. The van der Waals surface area contributed by atoms with Gasteiger partial charge in [-0.3, -0.25) is 0 Å². The molecule has 0 aromatic heterocycles. The zero-order chi connectivity index (χ0) is 10.1. The molecule has 0 saturated carbocycles. The van der Waals surface area contributed by atoms with Crippen LogP contribution in [0.15, 0.2) is 18.2 Å². The first-order valence-corrected chi connectivity index (χ1v) is 4.32. The fourth-order valence-electron chi connectivity index (χ4n) is 1.09. The van der Waals surface area contributed by atoms with Gasteiger partial charge < -0.3 is 16.8 Å². The van der Waals surface area contributed by atoms with Gasteiger partial charge in [0.05, 0.1) is 11.4 Å². The zero-order valence-corrected chi connectivity index (χ0v) is 8.39. The Morgan fingerprint density at radius 1 is 1.08 bits per heavy atom. The van der Waals surface area contributed by atoms with Crippen molar-refractivity contribution in [2.75, 3.05) is 16.8 Å². The van der Waals surface area contributed by atoms with Crippen molar-refractivity contribution < 1.29 is 0 Å². The number of hydrogen-bond acceptors (Lipinski definition) is 3. The summed E-state index contributed by atoms with van der Waals surface area (Å²) in [6.45, 7) is 6.29. The molecule has 0 fully saturated rings. The normalized spacial score (nSPS) is 11.3. The van der Waals surface area contributed by atoms with E-state index < -0.39 is 0 Å². The molecule has 0 bridgehead atoms. The van der Waals surface area contributed by atoms with Gasteiger partial charge in [0.15, 0.2) is 0 Å². The number of anilines is 3. The second-order valence-electron chi connectivity index (χ2n) is 4.22. The van der Waals surface area contributed by atoms with Crippen molar-refractivity contribution in [1.29, 1.82) is 0 Å². The Morgan fingerprint density at radius 2 is 1.69 bits per heavy atom. The number of nitrogen functional groups attached to an aromatic ring is 2. The van der Waals surface area contributed by atoms with Crippen LogP contribution in [0, 0.1) is 0 Å². The van der Waals surface area contributed by atoms with Crippen LogP contribution in [-0.4, -0.2) is 5.54 Å². The molecule has 0 unspecified atom stereocenters. The molecule has 0 aliphatic carbocycles. The van der Waals surface area contributed by atoms with Gasteiger partial charge >= 0.3 is 0 Å². The van der Waals surface area contributed by atoms with Crippen LogP contribution < -0.4 is 16.8 Å². The van der Waals surface area contributed by atoms with Crippen LogP contribution >= 0.6 is 0 Å². The first-order chi connectivity index (χ1) is 5.88. The fraction of sp³-hybridized carbons (Fsp3) is 0.400. The summed E-state index contributed by atoms with van der Waals surface area (Å²) in [6.07, 6.45) is 0. The molecule has 0 saturated heterocycles. The molecular formula is C10H17N3. The second-order valence-corrected chi connectivity index (χ2v) is 4.22. The molecule has 0 radical (unpaired) electrons. The van der Waals surface area contributed by atoms with Gasteiger partial charge in [-0.05, 0) is 39.0 Å². The van der Waals surface area contributed by atoms with Gasteiger partial charge in [0, 0.05) is 11.2 Å². The lowest BCUT2D eigenvalue weighted by Gasteiger charge is -2.22. The Morgan fingerprint density at radius 3 is 2.15 bits per heavy atom. The van der Waals surface area contributed by atoms with E-state index in [-0.39, 0.29) is 5.54 Å². The third kappa shape index (κ3) is 2.86. The number of benzene rings is 1. The Balaban J connectivity index is 2.86. The standard InChI is InChI=1S/C10H17N3/c1-10(2,3)13-7-4-5-8(11)9(12)6-7/h4-6,13H,11-12H2,1-3H3. The summed E-state index contributed by atoms with van der Waals surface area (Å²) >= 11 is 0. The zero-order valence-electron chi connectivity index (χ0n) is 8.39. The molecule has 0 aliphatic rings. The molecule has 1 rings (SSSR count). The summed E-state index contributed by atoms with van der Waals surface area (Å²) in [6, 6.07) is 5.58. The van der Waals surface area contributed by atoms with Gasteiger partial charge in [-0.25, -0.2) is 0 Å². The van der Waals surface area contributed by atoms with Crippen molar-refractivity contribution in [3.8, 4) is 0 Å². The van der Waals surface area contributed by atoms with E-state index in [9.17, 15) is 0 Å². The van der Waals surface area contributed by atoms with Crippen LogP contribution in [-0.2, 0) is 0 Å². The fourth-order valence-corrected chi connectivity index (χ4v) is 1.09. The Bertz CT molecular complexity index is 300. The highest BCUT2D eigenvalue weighted by molar-refractivity contribution is 5.69. The number of nitrogens with one attached hydrogen (secondary N) is 1. The predicted octanol–water partition coefficient (Wildman–Crippen LogP) is 2.06. The summed E-state index contributed by atoms with van der Waals surface area (Å²) in [4.78, 5) is 0. The van der Waals surface area contributed by atoms with E-state index in [2.05, 4.69) is 26.1 Å². The van der Waals surface area contributed by atoms with Gasteiger partial charge in [-0.1, -0.05) is 0 Å². The average molecular weight is 179 g/mol. The van der Waals surface area contributed by atoms with Crippen molar-refractivity contribution in [3.05, 3.63) is 18.2 Å². The number of nitrogens with two attached hydrogens (primary N) is 2. The Hall–Kier alpha value is -1.38. The molecule has 0 aliphatic heterocycles. The molecule has 3 heteroatoms. The maximum atomic E-state index is 5.67. The molecule has 3 nitrogen and oxygen atoms in total. The Labute approximate surface area is 79.1 Å². The SMILES string of the molecule is CC(C)(C)Nc1ccc(N)c(N)c1. The lowest BCUT2D eigenvalue weighted by Crippen LogP contribution is -2.26. The van der Waals surface area contributed by atoms with Crippen molar-refractivity contribution in [1.82, 2.24) is 0 Å². The summed E-state index contributed by atoms with van der Waals surface area (Å²) in [7, 11) is 0. The van der Waals surface area contributed by atoms with Crippen LogP contribution in [0.1, 0.15) is 20.8 Å². The molecule has 0 spiro atoms. The second kappa shape index (κ2) is 3.17. The van der Waals surface area contributed by atoms with Gasteiger partial charge in [0.1, 0.15) is 0 Å². The maximum Gasteiger partial charge on any atom is 0.0568 e. The lowest BCUT2D eigenvalue weighted by atomic mass is 10.1. The third-order valence-corrected chi connectivity index (χ3v) is 1.61. The molecule has 5 N–H and O–H groups in total. The average Bonchev–Trinajstić information content (AvgIpc) is 1.94. The van der Waals surface area contributed by atoms with E-state index in [4.69, 9.17) is 11.5 Å². The van der Waals surface area contributed by atoms with Crippen LogP contribution in [0.2, 0.25) is 0 Å². The van der Waals surface area contributed by atoms with Gasteiger partial charge in [0.25, 0.3) is 0 Å². The topological polar surface area (TPSA) is 64.1 Å². The Kier molecular flexibility index (Phi) is 2.36. The molecule has 0 amide bonds. The molecule has 1 aromatic carbocycles. The molecule has 0 heterocycles. The molecule has 72 valence electrons. The largest absolute Gasteiger partial charge is 0.397 e. The van der Waals surface area contributed by atoms with Gasteiger partial charge in [-0.2, -0.15) is 0 Å². The summed E-state index contributed by atoms with van der Waals surface area (Å²) in [5, 5.41) is 3.31. The first kappa shape index (κ1) is 9.71. The number of rotatable bonds is 1. The van der Waals surface area contributed by atoms with E-state index in [1.807, 2.05) is 18.2 Å². The smallest absolute Gasteiger partial charge is 0.0568 e. The first-order valence-electron chi connectivity index (χ1n) is 4.32. The summed E-state index contributed by atoms with van der Waals surface area (Å²) in [5.74, 6) is 0. The third-order valence-electron chi connectivity index (χ3n) is 1.61. The lowest BCUT2D eigenvalue weighted by molar-refractivity contribution is 0.634. The minimum absolute atomic E-state index is 0.0442. The van der Waals surface area contributed by atoms with E-state index in [1.165, 1.54) is 0 Å². The predicted molar refractivity (Wildman–Crippen MR) is 58.6 cm³/mol. The summed E-state index contributed by atoms with van der Waals surface area (Å²) in [5.41, 5.74) is 13.6. The molecule has 0 atom stereocenters. The van der Waals surface area contributed by atoms with Crippen LogP contribution in [0.3, 0.4) is 0 Å². The number of hydrogen-bond donors (Lipinski definition) is 3. The van der Waals surface area contributed by atoms with Crippen LogP contribution in [0.25, 0.3) is 0 Å². The van der Waals surface area contributed by atoms with Crippen molar-refractivity contribution in [2.45, 2.75) is 26.3 Å². The quantitative estimate of drug-likeness (QED) is 0.578. The monoisotopic (exact) mass is 179 g/mol. The van der Waals surface area contributed by atoms with Crippen molar-refractivity contribution in [2.24, 2.45) is 0 Å². The van der Waals surface area contributed by atoms with E-state index in [0.717, 1.165) is 5.69 Å². The van der Waals surface area contributed by atoms with Gasteiger partial charge in [-0.15, -0.1) is 0 Å². The minimum atomic E-state index is 0.0442. The molecular weight excluding hydrogens is 162 g/mol. The van der Waals surface area contributed by atoms with E-state index >= 15 is 0 Å². The van der Waals surface area contributed by atoms with Crippen LogP contribution in [0.4, 0.5) is 17.1 Å². The van der Waals surface area contributed by atoms with E-state index in [0.29, 0.717) is 11.4 Å². The summed E-state index contributed by atoms with van der Waals surface area (Å²) < 4.78 is 0. The highest BCUT2D eigenvalue weighted by atomic mass is 14.9. The van der Waals surface area contributed by atoms with E-state index in [1.54, 1.807) is 0 Å². The maximum absolute atomic E-state index is 5.67. The highest BCUT2D eigenvalue weighted by Gasteiger charge is 2.09. The van der Waals surface area contributed by atoms with Crippen molar-refractivity contribution in [3.63, 3.8) is 0 Å².